The number of aromatic amines is 1. The van der Waals surface area contributed by atoms with Crippen molar-refractivity contribution in [2.45, 2.75) is 19.9 Å². The van der Waals surface area contributed by atoms with Crippen LogP contribution < -0.4 is 16.5 Å². The van der Waals surface area contributed by atoms with E-state index >= 15 is 0 Å². The number of aromatic nitrogens is 5. The van der Waals surface area contributed by atoms with Gasteiger partial charge in [0.2, 0.25) is 5.43 Å². The van der Waals surface area contributed by atoms with Crippen LogP contribution in [0.3, 0.4) is 0 Å². The molecule has 0 aliphatic carbocycles. The number of rotatable bonds is 6. The molecule has 0 bridgehead atoms. The molecule has 0 aliphatic rings. The molecule has 0 saturated heterocycles. The first-order valence-electron chi connectivity index (χ1n) is 9.27. The number of nitrogens with two attached hydrogens (primary N) is 1. The van der Waals surface area contributed by atoms with E-state index in [0.29, 0.717) is 18.6 Å². The minimum atomic E-state index is -0.641. The average molecular weight is 393 g/mol. The van der Waals surface area contributed by atoms with Crippen LogP contribution in [-0.4, -0.2) is 31.7 Å². The summed E-state index contributed by atoms with van der Waals surface area (Å²) >= 11 is 0. The SMILES string of the molecule is CCn1cc(-c2nnn[nH]2)c(=O)c2c(N)c(F)c(NCCc3ccccc3)cc21. The first-order valence-corrected chi connectivity index (χ1v) is 9.27. The van der Waals surface area contributed by atoms with E-state index in [1.807, 2.05) is 41.8 Å². The van der Waals surface area contributed by atoms with Crippen LogP contribution in [-0.2, 0) is 13.0 Å². The molecule has 4 N–H and O–H groups in total. The van der Waals surface area contributed by atoms with Crippen molar-refractivity contribution in [3.8, 4) is 11.4 Å². The second kappa shape index (κ2) is 7.70. The lowest BCUT2D eigenvalue weighted by atomic mass is 10.1. The van der Waals surface area contributed by atoms with Crippen molar-refractivity contribution in [3.63, 3.8) is 0 Å². The van der Waals surface area contributed by atoms with Crippen molar-refractivity contribution in [1.82, 2.24) is 25.2 Å². The lowest BCUT2D eigenvalue weighted by Crippen LogP contribution is -2.16. The van der Waals surface area contributed by atoms with Crippen LogP contribution in [0.2, 0.25) is 0 Å². The molecule has 0 amide bonds. The summed E-state index contributed by atoms with van der Waals surface area (Å²) in [5.41, 5.74) is 7.64. The summed E-state index contributed by atoms with van der Waals surface area (Å²) < 4.78 is 16.8. The number of tetrazole rings is 1. The molecule has 0 fully saturated rings. The summed E-state index contributed by atoms with van der Waals surface area (Å²) in [7, 11) is 0. The maximum absolute atomic E-state index is 15.0. The lowest BCUT2D eigenvalue weighted by Gasteiger charge is -2.16. The fourth-order valence-electron chi connectivity index (χ4n) is 3.37. The number of nitrogens with zero attached hydrogens (tertiary/aromatic N) is 4. The quantitative estimate of drug-likeness (QED) is 0.434. The van der Waals surface area contributed by atoms with E-state index in [4.69, 9.17) is 5.73 Å². The molecule has 8 nitrogen and oxygen atoms in total. The molecule has 29 heavy (non-hydrogen) atoms. The Kier molecular flexibility index (Phi) is 4.94. The Morgan fingerprint density at radius 1 is 1.28 bits per heavy atom. The number of H-pyrrole nitrogens is 1. The second-order valence-corrected chi connectivity index (χ2v) is 6.62. The molecule has 2 aromatic carbocycles. The van der Waals surface area contributed by atoms with E-state index in [1.54, 1.807) is 12.3 Å². The molecule has 9 heteroatoms. The van der Waals surface area contributed by atoms with Crippen LogP contribution in [0.25, 0.3) is 22.3 Å². The van der Waals surface area contributed by atoms with Gasteiger partial charge in [-0.2, -0.15) is 0 Å². The summed E-state index contributed by atoms with van der Waals surface area (Å²) in [6, 6.07) is 11.5. The van der Waals surface area contributed by atoms with Crippen LogP contribution in [0.4, 0.5) is 15.8 Å². The van der Waals surface area contributed by atoms with Gasteiger partial charge in [-0.15, -0.1) is 5.10 Å². The van der Waals surface area contributed by atoms with Gasteiger partial charge in [-0.05, 0) is 35.4 Å². The Balaban J connectivity index is 1.76. The highest BCUT2D eigenvalue weighted by molar-refractivity contribution is 5.96. The zero-order chi connectivity index (χ0) is 20.4. The molecule has 0 spiro atoms. The van der Waals surface area contributed by atoms with Crippen molar-refractivity contribution in [2.75, 3.05) is 17.6 Å². The number of nitrogens with one attached hydrogen (secondary N) is 2. The number of halogens is 1. The summed E-state index contributed by atoms with van der Waals surface area (Å²) in [4.78, 5) is 13.0. The Morgan fingerprint density at radius 2 is 2.07 bits per heavy atom. The Morgan fingerprint density at radius 3 is 2.76 bits per heavy atom. The van der Waals surface area contributed by atoms with E-state index in [9.17, 15) is 9.18 Å². The monoisotopic (exact) mass is 393 g/mol. The number of aryl methyl sites for hydroxylation is 1. The Bertz CT molecular complexity index is 1200. The number of pyridine rings is 1. The van der Waals surface area contributed by atoms with Crippen LogP contribution in [0.5, 0.6) is 0 Å². The molecule has 148 valence electrons. The Hall–Kier alpha value is -3.75. The number of hydrogen-bond acceptors (Lipinski definition) is 6. The topological polar surface area (TPSA) is 115 Å². The zero-order valence-corrected chi connectivity index (χ0v) is 15.8. The van der Waals surface area contributed by atoms with Gasteiger partial charge in [0.15, 0.2) is 11.6 Å². The van der Waals surface area contributed by atoms with Crippen molar-refractivity contribution >= 4 is 22.3 Å². The summed E-state index contributed by atoms with van der Waals surface area (Å²) in [5, 5.41) is 16.6. The molecule has 4 rings (SSSR count). The Labute approximate surface area is 165 Å². The lowest BCUT2D eigenvalue weighted by molar-refractivity contribution is 0.635. The fourth-order valence-corrected chi connectivity index (χ4v) is 3.37. The molecule has 0 radical (unpaired) electrons. The van der Waals surface area contributed by atoms with Crippen molar-refractivity contribution in [2.24, 2.45) is 0 Å². The van der Waals surface area contributed by atoms with Crippen molar-refractivity contribution in [1.29, 1.82) is 0 Å². The van der Waals surface area contributed by atoms with Gasteiger partial charge in [0.05, 0.1) is 27.8 Å². The van der Waals surface area contributed by atoms with Crippen LogP contribution in [0.15, 0.2) is 47.4 Å². The van der Waals surface area contributed by atoms with Gasteiger partial charge in [-0.3, -0.25) is 4.79 Å². The van der Waals surface area contributed by atoms with Gasteiger partial charge in [0.1, 0.15) is 0 Å². The zero-order valence-electron chi connectivity index (χ0n) is 15.8. The van der Waals surface area contributed by atoms with Crippen LogP contribution in [0.1, 0.15) is 12.5 Å². The molecule has 0 saturated carbocycles. The normalized spacial score (nSPS) is 11.1. The number of anilines is 2. The van der Waals surface area contributed by atoms with Gasteiger partial charge in [-0.1, -0.05) is 30.3 Å². The third-order valence-corrected chi connectivity index (χ3v) is 4.86. The highest BCUT2D eigenvalue weighted by Crippen LogP contribution is 2.30. The number of hydrogen-bond donors (Lipinski definition) is 3. The third kappa shape index (κ3) is 3.42. The number of benzene rings is 2. The maximum atomic E-state index is 15.0. The predicted molar refractivity (Wildman–Crippen MR) is 110 cm³/mol. The molecule has 0 aliphatic heterocycles. The van der Waals surface area contributed by atoms with E-state index in [1.165, 1.54) is 0 Å². The van der Waals surface area contributed by atoms with Gasteiger partial charge >= 0.3 is 0 Å². The fraction of sp³-hybridized carbons (Fsp3) is 0.200. The van der Waals surface area contributed by atoms with Gasteiger partial charge < -0.3 is 15.6 Å². The highest BCUT2D eigenvalue weighted by Gasteiger charge is 2.19. The second-order valence-electron chi connectivity index (χ2n) is 6.62. The van der Waals surface area contributed by atoms with E-state index in [-0.39, 0.29) is 28.1 Å². The van der Waals surface area contributed by atoms with E-state index in [2.05, 4.69) is 25.9 Å². The predicted octanol–water partition coefficient (Wildman–Crippen LogP) is 2.58. The smallest absolute Gasteiger partial charge is 0.202 e. The molecular weight excluding hydrogens is 373 g/mol. The minimum Gasteiger partial charge on any atom is -0.396 e. The largest absolute Gasteiger partial charge is 0.396 e. The first kappa shape index (κ1) is 18.6. The summed E-state index contributed by atoms with van der Waals surface area (Å²) in [5.74, 6) is -0.429. The summed E-state index contributed by atoms with van der Waals surface area (Å²) in [6.07, 6.45) is 2.38. The van der Waals surface area contributed by atoms with E-state index < -0.39 is 11.2 Å². The number of nitrogen functional groups attached to an aromatic ring is 1. The molecule has 0 atom stereocenters. The van der Waals surface area contributed by atoms with Crippen LogP contribution in [0, 0.1) is 5.82 Å². The molecule has 4 aromatic rings. The van der Waals surface area contributed by atoms with E-state index in [0.717, 1.165) is 12.0 Å². The summed E-state index contributed by atoms with van der Waals surface area (Å²) in [6.45, 7) is 3.01. The first-order chi connectivity index (χ1) is 14.1. The average Bonchev–Trinajstić information content (AvgIpc) is 3.27. The molecular formula is C20H20FN7O. The molecule has 2 aromatic heterocycles. The number of fused-ring (bicyclic) bond motifs is 1. The van der Waals surface area contributed by atoms with Crippen LogP contribution >= 0.6 is 0 Å². The molecule has 0 unspecified atom stereocenters. The van der Waals surface area contributed by atoms with Gasteiger partial charge in [-0.25, -0.2) is 9.49 Å². The standard InChI is InChI=1S/C20H20FN7O/c1-2-28-11-13(20-24-26-27-25-20)19(29)16-15(28)10-14(17(21)18(16)22)23-9-8-12-6-4-3-5-7-12/h3-7,10-11,23H,2,8-9,22H2,1H3,(H,24,25,26,27). The maximum Gasteiger partial charge on any atom is 0.202 e. The minimum absolute atomic E-state index is 0.117. The third-order valence-electron chi connectivity index (χ3n) is 4.86. The van der Waals surface area contributed by atoms with Crippen molar-refractivity contribution in [3.05, 3.63) is 64.2 Å². The highest BCUT2D eigenvalue weighted by atomic mass is 19.1. The van der Waals surface area contributed by atoms with Gasteiger partial charge in [0, 0.05) is 19.3 Å². The van der Waals surface area contributed by atoms with Crippen molar-refractivity contribution < 1.29 is 4.39 Å². The van der Waals surface area contributed by atoms with Gasteiger partial charge in [0.25, 0.3) is 0 Å². The molecule has 2 heterocycles.